The van der Waals surface area contributed by atoms with Crippen molar-refractivity contribution >= 4 is 11.6 Å². The van der Waals surface area contributed by atoms with Crippen LogP contribution in [0.25, 0.3) is 0 Å². The van der Waals surface area contributed by atoms with Crippen LogP contribution in [0.2, 0.25) is 0 Å². The van der Waals surface area contributed by atoms with E-state index in [1.807, 2.05) is 17.0 Å². The molecule has 0 spiro atoms. The number of carbonyl (C=O) groups is 1. The van der Waals surface area contributed by atoms with E-state index in [0.717, 1.165) is 44.7 Å². The number of likely N-dealkylation sites (tertiary alicyclic amines) is 1. The standard InChI is InChI=1S/C15H21N3O/c16-14-5-4-12-9-17(10-13(12)8-14)11-15(19)18-6-2-1-3-7-18/h4-5,8H,1-3,6-7,9-11,16H2. The van der Waals surface area contributed by atoms with Gasteiger partial charge in [-0.3, -0.25) is 9.69 Å². The van der Waals surface area contributed by atoms with Gasteiger partial charge in [-0.25, -0.2) is 0 Å². The summed E-state index contributed by atoms with van der Waals surface area (Å²) in [6.45, 7) is 4.13. The zero-order valence-corrected chi connectivity index (χ0v) is 11.3. The van der Waals surface area contributed by atoms with Crippen LogP contribution in [-0.4, -0.2) is 35.3 Å². The van der Waals surface area contributed by atoms with Gasteiger partial charge in [0.05, 0.1) is 6.54 Å². The van der Waals surface area contributed by atoms with Crippen LogP contribution < -0.4 is 5.73 Å². The van der Waals surface area contributed by atoms with Gasteiger partial charge in [0.2, 0.25) is 5.91 Å². The van der Waals surface area contributed by atoms with E-state index in [-0.39, 0.29) is 5.91 Å². The number of amides is 1. The molecule has 102 valence electrons. The van der Waals surface area contributed by atoms with Crippen LogP contribution in [0.3, 0.4) is 0 Å². The summed E-state index contributed by atoms with van der Waals surface area (Å²) < 4.78 is 0. The number of hydrogen-bond acceptors (Lipinski definition) is 3. The van der Waals surface area contributed by atoms with Gasteiger partial charge in [0.25, 0.3) is 0 Å². The van der Waals surface area contributed by atoms with Gasteiger partial charge >= 0.3 is 0 Å². The van der Waals surface area contributed by atoms with Gasteiger partial charge in [-0.2, -0.15) is 0 Å². The van der Waals surface area contributed by atoms with E-state index in [1.54, 1.807) is 0 Å². The number of rotatable bonds is 2. The molecule has 1 amide bonds. The minimum atomic E-state index is 0.278. The van der Waals surface area contributed by atoms with Crippen molar-refractivity contribution < 1.29 is 4.79 Å². The molecule has 2 aliphatic heterocycles. The first-order chi connectivity index (χ1) is 9.22. The fourth-order valence-corrected chi connectivity index (χ4v) is 3.03. The summed E-state index contributed by atoms with van der Waals surface area (Å²) in [5.74, 6) is 0.278. The fourth-order valence-electron chi connectivity index (χ4n) is 3.03. The Bertz CT molecular complexity index is 480. The maximum atomic E-state index is 12.2. The van der Waals surface area contributed by atoms with E-state index in [9.17, 15) is 4.79 Å². The smallest absolute Gasteiger partial charge is 0.236 e. The quantitative estimate of drug-likeness (QED) is 0.821. The molecule has 4 heteroatoms. The van der Waals surface area contributed by atoms with E-state index in [0.29, 0.717) is 6.54 Å². The largest absolute Gasteiger partial charge is 0.399 e. The van der Waals surface area contributed by atoms with Gasteiger partial charge in [-0.15, -0.1) is 0 Å². The Morgan fingerprint density at radius 3 is 2.63 bits per heavy atom. The van der Waals surface area contributed by atoms with Crippen LogP contribution in [0, 0.1) is 0 Å². The number of fused-ring (bicyclic) bond motifs is 1. The molecule has 1 fully saturated rings. The minimum Gasteiger partial charge on any atom is -0.399 e. The van der Waals surface area contributed by atoms with Crippen LogP contribution in [0.4, 0.5) is 5.69 Å². The number of hydrogen-bond donors (Lipinski definition) is 1. The van der Waals surface area contributed by atoms with Crippen LogP contribution in [0.15, 0.2) is 18.2 Å². The fraction of sp³-hybridized carbons (Fsp3) is 0.533. The highest BCUT2D eigenvalue weighted by atomic mass is 16.2. The molecule has 1 aromatic rings. The molecule has 2 heterocycles. The van der Waals surface area contributed by atoms with E-state index in [4.69, 9.17) is 5.73 Å². The second kappa shape index (κ2) is 5.21. The molecule has 0 bridgehead atoms. The Hall–Kier alpha value is -1.55. The third-order valence-corrected chi connectivity index (χ3v) is 4.09. The Morgan fingerprint density at radius 2 is 1.84 bits per heavy atom. The number of nitrogen functional groups attached to an aromatic ring is 1. The van der Waals surface area contributed by atoms with Crippen LogP contribution >= 0.6 is 0 Å². The summed E-state index contributed by atoms with van der Waals surface area (Å²) in [5, 5.41) is 0. The number of carbonyl (C=O) groups excluding carboxylic acids is 1. The lowest BCUT2D eigenvalue weighted by atomic mass is 10.1. The van der Waals surface area contributed by atoms with E-state index < -0.39 is 0 Å². The highest BCUT2D eigenvalue weighted by Crippen LogP contribution is 2.24. The number of piperidine rings is 1. The average molecular weight is 259 g/mol. The molecule has 1 saturated heterocycles. The molecule has 0 aliphatic carbocycles. The molecule has 0 aromatic heterocycles. The predicted octanol–water partition coefficient (Wildman–Crippen LogP) is 1.60. The molecule has 3 rings (SSSR count). The van der Waals surface area contributed by atoms with Crippen molar-refractivity contribution in [2.75, 3.05) is 25.4 Å². The molecule has 1 aromatic carbocycles. The minimum absolute atomic E-state index is 0.278. The first-order valence-electron chi connectivity index (χ1n) is 7.10. The summed E-state index contributed by atoms with van der Waals surface area (Å²) in [5.41, 5.74) is 9.19. The normalized spacial score (nSPS) is 19.5. The SMILES string of the molecule is Nc1ccc2c(c1)CN(CC(=O)N1CCCCC1)C2. The highest BCUT2D eigenvalue weighted by Gasteiger charge is 2.24. The van der Waals surface area contributed by atoms with Crippen LogP contribution in [-0.2, 0) is 17.9 Å². The third-order valence-electron chi connectivity index (χ3n) is 4.09. The molecule has 0 radical (unpaired) electrons. The van der Waals surface area contributed by atoms with E-state index in [2.05, 4.69) is 11.0 Å². The van der Waals surface area contributed by atoms with Crippen molar-refractivity contribution in [1.82, 2.24) is 9.80 Å². The first-order valence-corrected chi connectivity index (χ1v) is 7.10. The lowest BCUT2D eigenvalue weighted by Crippen LogP contribution is -2.41. The average Bonchev–Trinajstić information content (AvgIpc) is 2.81. The molecule has 19 heavy (non-hydrogen) atoms. The molecular weight excluding hydrogens is 238 g/mol. The Balaban J connectivity index is 1.59. The third kappa shape index (κ3) is 2.73. The van der Waals surface area contributed by atoms with Crippen molar-refractivity contribution in [3.63, 3.8) is 0 Å². The van der Waals surface area contributed by atoms with Gasteiger partial charge in [0, 0.05) is 31.9 Å². The molecule has 2 N–H and O–H groups in total. The van der Waals surface area contributed by atoms with Crippen molar-refractivity contribution in [1.29, 1.82) is 0 Å². The summed E-state index contributed by atoms with van der Waals surface area (Å²) in [7, 11) is 0. The van der Waals surface area contributed by atoms with E-state index >= 15 is 0 Å². The van der Waals surface area contributed by atoms with E-state index in [1.165, 1.54) is 17.5 Å². The van der Waals surface area contributed by atoms with Crippen LogP contribution in [0.5, 0.6) is 0 Å². The highest BCUT2D eigenvalue weighted by molar-refractivity contribution is 5.78. The van der Waals surface area contributed by atoms with Crippen molar-refractivity contribution in [2.45, 2.75) is 32.4 Å². The molecule has 0 unspecified atom stereocenters. The van der Waals surface area contributed by atoms with Gasteiger partial charge in [0.1, 0.15) is 0 Å². The predicted molar refractivity (Wildman–Crippen MR) is 75.4 cm³/mol. The van der Waals surface area contributed by atoms with Gasteiger partial charge in [-0.1, -0.05) is 6.07 Å². The zero-order valence-electron chi connectivity index (χ0n) is 11.3. The zero-order chi connectivity index (χ0) is 13.2. The Labute approximate surface area is 114 Å². The summed E-state index contributed by atoms with van der Waals surface area (Å²) in [6, 6.07) is 6.05. The lowest BCUT2D eigenvalue weighted by Gasteiger charge is -2.28. The molecule has 0 saturated carbocycles. The van der Waals surface area contributed by atoms with Gasteiger partial charge in [0.15, 0.2) is 0 Å². The van der Waals surface area contributed by atoms with Crippen molar-refractivity contribution in [3.05, 3.63) is 29.3 Å². The Morgan fingerprint density at radius 1 is 1.11 bits per heavy atom. The lowest BCUT2D eigenvalue weighted by molar-refractivity contribution is -0.133. The van der Waals surface area contributed by atoms with Gasteiger partial charge in [-0.05, 0) is 42.5 Å². The van der Waals surface area contributed by atoms with Crippen molar-refractivity contribution in [2.24, 2.45) is 0 Å². The Kier molecular flexibility index (Phi) is 3.42. The molecule has 4 nitrogen and oxygen atoms in total. The number of benzene rings is 1. The number of nitrogens with zero attached hydrogens (tertiary/aromatic N) is 2. The molecule has 0 atom stereocenters. The summed E-state index contributed by atoms with van der Waals surface area (Å²) in [4.78, 5) is 16.5. The summed E-state index contributed by atoms with van der Waals surface area (Å²) in [6.07, 6.45) is 3.57. The summed E-state index contributed by atoms with van der Waals surface area (Å²) >= 11 is 0. The second-order valence-corrected chi connectivity index (χ2v) is 5.61. The topological polar surface area (TPSA) is 49.6 Å². The molecular formula is C15H21N3O. The van der Waals surface area contributed by atoms with Crippen LogP contribution in [0.1, 0.15) is 30.4 Å². The number of anilines is 1. The second-order valence-electron chi connectivity index (χ2n) is 5.61. The van der Waals surface area contributed by atoms with Crippen molar-refractivity contribution in [3.8, 4) is 0 Å². The first kappa shape index (κ1) is 12.5. The maximum absolute atomic E-state index is 12.2. The number of nitrogens with two attached hydrogens (primary N) is 1. The maximum Gasteiger partial charge on any atom is 0.236 e. The van der Waals surface area contributed by atoms with Gasteiger partial charge < -0.3 is 10.6 Å². The monoisotopic (exact) mass is 259 g/mol. The molecule has 2 aliphatic rings.